The van der Waals surface area contributed by atoms with E-state index in [4.69, 9.17) is 4.74 Å². The second-order valence-electron chi connectivity index (χ2n) is 7.34. The van der Waals surface area contributed by atoms with Gasteiger partial charge in [0, 0.05) is 6.04 Å². The van der Waals surface area contributed by atoms with Crippen LogP contribution in [0.2, 0.25) is 0 Å². The number of methoxy groups -OCH3 is 1. The number of anilines is 2. The van der Waals surface area contributed by atoms with E-state index in [2.05, 4.69) is 34.7 Å². The molecule has 1 amide bonds. The van der Waals surface area contributed by atoms with E-state index in [1.807, 2.05) is 31.2 Å². The van der Waals surface area contributed by atoms with Crippen LogP contribution in [0, 0.1) is 11.8 Å². The summed E-state index contributed by atoms with van der Waals surface area (Å²) in [5.41, 5.74) is 0.837. The summed E-state index contributed by atoms with van der Waals surface area (Å²) in [6, 6.07) is 7.94. The van der Waals surface area contributed by atoms with E-state index in [1.54, 1.807) is 7.11 Å². The zero-order chi connectivity index (χ0) is 20.1. The van der Waals surface area contributed by atoms with E-state index in [9.17, 15) is 4.79 Å². The second kappa shape index (κ2) is 9.60. The summed E-state index contributed by atoms with van der Waals surface area (Å²) in [4.78, 5) is 12.6. The zero-order valence-corrected chi connectivity index (χ0v) is 18.4. The van der Waals surface area contributed by atoms with Gasteiger partial charge in [-0.3, -0.25) is 4.79 Å². The predicted molar refractivity (Wildman–Crippen MR) is 116 cm³/mol. The van der Waals surface area contributed by atoms with Gasteiger partial charge in [0.25, 0.3) is 0 Å². The summed E-state index contributed by atoms with van der Waals surface area (Å²) in [7, 11) is 1.64. The second-order valence-corrected chi connectivity index (χ2v) is 9.91. The average Bonchev–Trinajstić information content (AvgIpc) is 3.12. The molecule has 0 bridgehead atoms. The summed E-state index contributed by atoms with van der Waals surface area (Å²) < 4.78 is 6.11. The largest absolute Gasteiger partial charge is 0.495 e. The van der Waals surface area contributed by atoms with E-state index in [1.165, 1.54) is 35.9 Å². The van der Waals surface area contributed by atoms with Crippen molar-refractivity contribution in [3.05, 3.63) is 24.3 Å². The molecule has 2 aromatic rings. The van der Waals surface area contributed by atoms with Crippen LogP contribution in [0.1, 0.15) is 40.0 Å². The number of amides is 1. The highest BCUT2D eigenvalue weighted by Gasteiger charge is 2.29. The molecule has 3 rings (SSSR count). The Balaban J connectivity index is 1.56. The Bertz CT molecular complexity index is 798. The van der Waals surface area contributed by atoms with Crippen molar-refractivity contribution < 1.29 is 9.53 Å². The van der Waals surface area contributed by atoms with Crippen LogP contribution < -0.4 is 15.4 Å². The molecule has 4 atom stereocenters. The quantitative estimate of drug-likeness (QED) is 0.632. The number of rotatable bonds is 7. The molecule has 1 fully saturated rings. The number of ether oxygens (including phenoxy) is 1. The van der Waals surface area contributed by atoms with Gasteiger partial charge in [-0.1, -0.05) is 61.9 Å². The van der Waals surface area contributed by atoms with Gasteiger partial charge >= 0.3 is 0 Å². The first-order valence-electron chi connectivity index (χ1n) is 9.68. The molecule has 0 spiro atoms. The van der Waals surface area contributed by atoms with Gasteiger partial charge in [-0.05, 0) is 37.3 Å². The Kier molecular flexibility index (Phi) is 7.18. The molecular weight excluding hydrogens is 392 g/mol. The lowest BCUT2D eigenvalue weighted by molar-refractivity contribution is -0.121. The maximum absolute atomic E-state index is 12.6. The first kappa shape index (κ1) is 20.9. The first-order chi connectivity index (χ1) is 13.5. The number of hydrogen-bond acceptors (Lipinski definition) is 7. The molecule has 1 aliphatic carbocycles. The van der Waals surface area contributed by atoms with Crippen LogP contribution in [0.5, 0.6) is 5.75 Å². The molecule has 0 radical (unpaired) electrons. The minimum atomic E-state index is -0.212. The van der Waals surface area contributed by atoms with E-state index in [-0.39, 0.29) is 17.2 Å². The number of hydrogen-bond donors (Lipinski definition) is 2. The van der Waals surface area contributed by atoms with Gasteiger partial charge in [0.05, 0.1) is 18.0 Å². The summed E-state index contributed by atoms with van der Waals surface area (Å²) >= 11 is 2.88. The van der Waals surface area contributed by atoms with Crippen molar-refractivity contribution in [1.82, 2.24) is 15.5 Å². The lowest BCUT2D eigenvalue weighted by Gasteiger charge is -2.35. The van der Waals surface area contributed by atoms with E-state index in [0.717, 1.165) is 22.2 Å². The number of nitrogens with zero attached hydrogens (tertiary/aromatic N) is 2. The van der Waals surface area contributed by atoms with Gasteiger partial charge in [0.15, 0.2) is 4.34 Å². The Morgan fingerprint density at radius 2 is 2.07 bits per heavy atom. The summed E-state index contributed by atoms with van der Waals surface area (Å²) in [5.74, 6) is 2.00. The van der Waals surface area contributed by atoms with Crippen molar-refractivity contribution in [3.8, 4) is 5.75 Å². The third-order valence-electron chi connectivity index (χ3n) is 5.44. The van der Waals surface area contributed by atoms with Crippen molar-refractivity contribution in [3.63, 3.8) is 0 Å². The SMILES string of the molecule is COc1ccccc1Nc1nnc(S[C@H](C)C(=O)N[C@@H]2CCC[C@@H](C)[C@@H]2C)s1. The molecular formula is C20H28N4O2S2. The lowest BCUT2D eigenvalue weighted by atomic mass is 9.78. The molecule has 1 aromatic carbocycles. The maximum Gasteiger partial charge on any atom is 0.233 e. The molecule has 0 saturated heterocycles. The van der Waals surface area contributed by atoms with Gasteiger partial charge in [-0.15, -0.1) is 10.2 Å². The summed E-state index contributed by atoms with van der Waals surface area (Å²) in [5, 5.41) is 15.3. The molecule has 1 heterocycles. The van der Waals surface area contributed by atoms with Crippen molar-refractivity contribution in [2.45, 2.75) is 55.7 Å². The highest BCUT2D eigenvalue weighted by Crippen LogP contribution is 2.34. The van der Waals surface area contributed by atoms with Crippen molar-refractivity contribution in [2.75, 3.05) is 12.4 Å². The Labute approximate surface area is 174 Å². The van der Waals surface area contributed by atoms with Crippen LogP contribution in [0.15, 0.2) is 28.6 Å². The van der Waals surface area contributed by atoms with Crippen LogP contribution >= 0.6 is 23.1 Å². The molecule has 0 aliphatic heterocycles. The van der Waals surface area contributed by atoms with E-state index in [0.29, 0.717) is 17.0 Å². The van der Waals surface area contributed by atoms with Crippen molar-refractivity contribution in [1.29, 1.82) is 0 Å². The first-order valence-corrected chi connectivity index (χ1v) is 11.4. The van der Waals surface area contributed by atoms with Crippen LogP contribution in [0.25, 0.3) is 0 Å². The van der Waals surface area contributed by atoms with Crippen LogP contribution in [-0.2, 0) is 4.79 Å². The zero-order valence-electron chi connectivity index (χ0n) is 16.8. The highest BCUT2D eigenvalue weighted by molar-refractivity contribution is 8.02. The molecule has 2 N–H and O–H groups in total. The number of thioether (sulfide) groups is 1. The smallest absolute Gasteiger partial charge is 0.233 e. The maximum atomic E-state index is 12.6. The van der Waals surface area contributed by atoms with Gasteiger partial charge < -0.3 is 15.4 Å². The van der Waals surface area contributed by atoms with Crippen LogP contribution in [0.3, 0.4) is 0 Å². The number of para-hydroxylation sites is 2. The minimum Gasteiger partial charge on any atom is -0.495 e. The fourth-order valence-electron chi connectivity index (χ4n) is 3.46. The van der Waals surface area contributed by atoms with Crippen LogP contribution in [-0.4, -0.2) is 34.5 Å². The molecule has 152 valence electrons. The third kappa shape index (κ3) is 5.17. The van der Waals surface area contributed by atoms with Crippen molar-refractivity contribution >= 4 is 39.8 Å². The summed E-state index contributed by atoms with van der Waals surface area (Å²) in [6.07, 6.45) is 3.51. The van der Waals surface area contributed by atoms with Gasteiger partial charge in [0.2, 0.25) is 11.0 Å². The minimum absolute atomic E-state index is 0.0744. The van der Waals surface area contributed by atoms with Gasteiger partial charge in [-0.25, -0.2) is 0 Å². The van der Waals surface area contributed by atoms with Gasteiger partial charge in [0.1, 0.15) is 5.75 Å². The van der Waals surface area contributed by atoms with E-state index < -0.39 is 0 Å². The third-order valence-corrected chi connectivity index (χ3v) is 7.46. The average molecular weight is 421 g/mol. The fourth-order valence-corrected chi connectivity index (χ4v) is 5.38. The topological polar surface area (TPSA) is 76.1 Å². The van der Waals surface area contributed by atoms with Crippen molar-refractivity contribution in [2.24, 2.45) is 11.8 Å². The molecule has 0 unspecified atom stereocenters. The van der Waals surface area contributed by atoms with E-state index >= 15 is 0 Å². The number of aromatic nitrogens is 2. The highest BCUT2D eigenvalue weighted by atomic mass is 32.2. The molecule has 8 heteroatoms. The Morgan fingerprint density at radius 1 is 1.29 bits per heavy atom. The molecule has 1 aromatic heterocycles. The number of carbonyl (C=O) groups is 1. The summed E-state index contributed by atoms with van der Waals surface area (Å²) in [6.45, 7) is 6.44. The van der Waals surface area contributed by atoms with Gasteiger partial charge in [-0.2, -0.15) is 0 Å². The lowest BCUT2D eigenvalue weighted by Crippen LogP contribution is -2.46. The van der Waals surface area contributed by atoms with Crippen LogP contribution in [0.4, 0.5) is 10.8 Å². The number of carbonyl (C=O) groups excluding carboxylic acids is 1. The molecule has 28 heavy (non-hydrogen) atoms. The Hall–Kier alpha value is -1.80. The monoisotopic (exact) mass is 420 g/mol. The normalized spacial score (nSPS) is 23.1. The molecule has 1 saturated carbocycles. The molecule has 6 nitrogen and oxygen atoms in total. The molecule has 1 aliphatic rings. The Morgan fingerprint density at radius 3 is 2.86 bits per heavy atom. The predicted octanol–water partition coefficient (Wildman–Crippen LogP) is 4.71. The number of benzene rings is 1. The number of nitrogens with one attached hydrogen (secondary N) is 2. The standard InChI is InChI=1S/C20H28N4O2S2/c1-12-8-7-10-15(13(12)2)21-18(25)14(3)27-20-24-23-19(28-20)22-16-9-5-6-11-17(16)26-4/h5-6,9,11-15H,7-8,10H2,1-4H3,(H,21,25)(H,22,23)/t12-,13+,14-,15-/m1/s1. The fraction of sp³-hybridized carbons (Fsp3) is 0.550.